The van der Waals surface area contributed by atoms with Gasteiger partial charge in [-0.3, -0.25) is 14.9 Å². The minimum atomic E-state index is -0.528. The molecule has 0 amide bonds. The Balaban J connectivity index is 2.50. The third-order valence-corrected chi connectivity index (χ3v) is 3.16. The molecule has 0 atom stereocenters. The standard InChI is InChI=1S/C15H14N2O4/c1-16(14-5-3-4-6-15(14)21-2)13-8-7-12(17(19)20)9-11(13)10-18/h3-10H,1-2H3. The first-order valence-corrected chi connectivity index (χ1v) is 6.19. The van der Waals surface area contributed by atoms with Crippen LogP contribution < -0.4 is 9.64 Å². The number of rotatable bonds is 5. The summed E-state index contributed by atoms with van der Waals surface area (Å²) in [5.41, 5.74) is 1.46. The predicted octanol–water partition coefficient (Wildman–Crippen LogP) is 3.18. The van der Waals surface area contributed by atoms with E-state index in [9.17, 15) is 14.9 Å². The van der Waals surface area contributed by atoms with Crippen LogP contribution in [0.3, 0.4) is 0 Å². The largest absolute Gasteiger partial charge is 0.495 e. The number of aldehydes is 1. The van der Waals surface area contributed by atoms with E-state index in [1.54, 1.807) is 31.2 Å². The quantitative estimate of drug-likeness (QED) is 0.479. The van der Waals surface area contributed by atoms with Gasteiger partial charge in [0.25, 0.3) is 5.69 Å². The van der Waals surface area contributed by atoms with Crippen LogP contribution in [0.2, 0.25) is 0 Å². The predicted molar refractivity (Wildman–Crippen MR) is 79.5 cm³/mol. The summed E-state index contributed by atoms with van der Waals surface area (Å²) in [7, 11) is 3.33. The average Bonchev–Trinajstić information content (AvgIpc) is 2.53. The fraction of sp³-hybridized carbons (Fsp3) is 0.133. The van der Waals surface area contributed by atoms with Crippen LogP contribution in [-0.2, 0) is 0 Å². The van der Waals surface area contributed by atoms with Crippen LogP contribution in [0.1, 0.15) is 10.4 Å². The Morgan fingerprint density at radius 3 is 2.52 bits per heavy atom. The zero-order valence-electron chi connectivity index (χ0n) is 11.6. The zero-order valence-corrected chi connectivity index (χ0v) is 11.6. The lowest BCUT2D eigenvalue weighted by Gasteiger charge is -2.23. The molecule has 2 aromatic carbocycles. The van der Waals surface area contributed by atoms with E-state index in [0.717, 1.165) is 5.69 Å². The van der Waals surface area contributed by atoms with Crippen molar-refractivity contribution in [3.05, 3.63) is 58.1 Å². The molecule has 0 fully saturated rings. The molecule has 0 saturated carbocycles. The summed E-state index contributed by atoms with van der Waals surface area (Å²) >= 11 is 0. The first-order chi connectivity index (χ1) is 10.1. The number of anilines is 2. The van der Waals surface area contributed by atoms with Crippen LogP contribution in [0.15, 0.2) is 42.5 Å². The minimum Gasteiger partial charge on any atom is -0.495 e. The molecule has 0 N–H and O–H groups in total. The highest BCUT2D eigenvalue weighted by atomic mass is 16.6. The van der Waals surface area contributed by atoms with Gasteiger partial charge in [0.05, 0.1) is 23.4 Å². The molecule has 0 spiro atoms. The highest BCUT2D eigenvalue weighted by molar-refractivity contribution is 5.88. The van der Waals surface area contributed by atoms with Gasteiger partial charge in [-0.25, -0.2) is 0 Å². The number of ether oxygens (including phenoxy) is 1. The van der Waals surface area contributed by atoms with Gasteiger partial charge in [0.1, 0.15) is 5.75 Å². The molecule has 108 valence electrons. The molecule has 0 saturated heterocycles. The Bertz CT molecular complexity index is 685. The Labute approximate surface area is 121 Å². The maximum absolute atomic E-state index is 11.2. The number of hydrogen-bond donors (Lipinski definition) is 0. The number of nitro groups is 1. The van der Waals surface area contributed by atoms with Gasteiger partial charge >= 0.3 is 0 Å². The Morgan fingerprint density at radius 1 is 1.19 bits per heavy atom. The van der Waals surface area contributed by atoms with Crippen molar-refractivity contribution in [3.8, 4) is 5.75 Å². The second-order valence-corrected chi connectivity index (χ2v) is 4.35. The van der Waals surface area contributed by atoms with Crippen LogP contribution in [0, 0.1) is 10.1 Å². The summed E-state index contributed by atoms with van der Waals surface area (Å²) in [6.07, 6.45) is 0.605. The molecule has 0 unspecified atom stereocenters. The number of nitrogens with zero attached hydrogens (tertiary/aromatic N) is 2. The Morgan fingerprint density at radius 2 is 1.90 bits per heavy atom. The van der Waals surface area contributed by atoms with E-state index in [1.165, 1.54) is 12.1 Å². The van der Waals surface area contributed by atoms with Gasteiger partial charge in [-0.05, 0) is 18.2 Å². The number of benzene rings is 2. The molecule has 6 nitrogen and oxygen atoms in total. The smallest absolute Gasteiger partial charge is 0.270 e. The van der Waals surface area contributed by atoms with E-state index in [0.29, 0.717) is 17.7 Å². The van der Waals surface area contributed by atoms with Crippen LogP contribution in [-0.4, -0.2) is 25.4 Å². The number of para-hydroxylation sites is 2. The number of non-ortho nitro benzene ring substituents is 1. The van der Waals surface area contributed by atoms with Crippen molar-refractivity contribution in [3.63, 3.8) is 0 Å². The molecular formula is C15H14N2O4. The molecule has 0 radical (unpaired) electrons. The molecular weight excluding hydrogens is 272 g/mol. The maximum Gasteiger partial charge on any atom is 0.270 e. The molecule has 6 heteroatoms. The van der Waals surface area contributed by atoms with Gasteiger partial charge in [0, 0.05) is 24.7 Å². The minimum absolute atomic E-state index is 0.116. The Kier molecular flexibility index (Phi) is 4.18. The highest BCUT2D eigenvalue weighted by Crippen LogP contribution is 2.34. The van der Waals surface area contributed by atoms with E-state index in [2.05, 4.69) is 0 Å². The normalized spacial score (nSPS) is 10.0. The molecule has 2 rings (SSSR count). The van der Waals surface area contributed by atoms with E-state index < -0.39 is 4.92 Å². The summed E-state index contributed by atoms with van der Waals surface area (Å²) < 4.78 is 5.29. The summed E-state index contributed by atoms with van der Waals surface area (Å²) in [6, 6.07) is 11.5. The zero-order chi connectivity index (χ0) is 15.4. The van der Waals surface area contributed by atoms with E-state index in [-0.39, 0.29) is 11.3 Å². The molecule has 2 aromatic rings. The summed E-state index contributed by atoms with van der Waals surface area (Å²) in [5.74, 6) is 0.648. The van der Waals surface area contributed by atoms with Gasteiger partial charge in [0.2, 0.25) is 0 Å². The first-order valence-electron chi connectivity index (χ1n) is 6.19. The summed E-state index contributed by atoms with van der Waals surface area (Å²) in [6.45, 7) is 0. The van der Waals surface area contributed by atoms with Gasteiger partial charge in [0.15, 0.2) is 6.29 Å². The topological polar surface area (TPSA) is 72.7 Å². The van der Waals surface area contributed by atoms with Gasteiger partial charge in [-0.15, -0.1) is 0 Å². The highest BCUT2D eigenvalue weighted by Gasteiger charge is 2.16. The van der Waals surface area contributed by atoms with Crippen molar-refractivity contribution < 1.29 is 14.5 Å². The van der Waals surface area contributed by atoms with Crippen molar-refractivity contribution in [2.45, 2.75) is 0 Å². The fourth-order valence-electron chi connectivity index (χ4n) is 2.09. The third kappa shape index (κ3) is 2.84. The van der Waals surface area contributed by atoms with Crippen LogP contribution in [0.25, 0.3) is 0 Å². The van der Waals surface area contributed by atoms with Gasteiger partial charge in [-0.2, -0.15) is 0 Å². The van der Waals surface area contributed by atoms with Gasteiger partial charge in [-0.1, -0.05) is 12.1 Å². The van der Waals surface area contributed by atoms with E-state index in [4.69, 9.17) is 4.74 Å². The number of nitro benzene ring substituents is 1. The van der Waals surface area contributed by atoms with Gasteiger partial charge < -0.3 is 9.64 Å². The van der Waals surface area contributed by atoms with E-state index >= 15 is 0 Å². The fourth-order valence-corrected chi connectivity index (χ4v) is 2.09. The second kappa shape index (κ2) is 6.04. The van der Waals surface area contributed by atoms with Crippen molar-refractivity contribution in [2.24, 2.45) is 0 Å². The molecule has 0 aromatic heterocycles. The van der Waals surface area contributed by atoms with Crippen LogP contribution >= 0.6 is 0 Å². The number of methoxy groups -OCH3 is 1. The van der Waals surface area contributed by atoms with Crippen molar-refractivity contribution in [1.82, 2.24) is 0 Å². The van der Waals surface area contributed by atoms with E-state index in [1.807, 2.05) is 18.2 Å². The SMILES string of the molecule is COc1ccccc1N(C)c1ccc([N+](=O)[O-])cc1C=O. The van der Waals surface area contributed by atoms with Crippen molar-refractivity contribution in [2.75, 3.05) is 19.1 Å². The number of carbonyl (C=O) groups excluding carboxylic acids is 1. The molecule has 0 aliphatic rings. The van der Waals surface area contributed by atoms with Crippen LogP contribution in [0.5, 0.6) is 5.75 Å². The molecule has 0 heterocycles. The lowest BCUT2D eigenvalue weighted by atomic mass is 10.1. The summed E-state index contributed by atoms with van der Waals surface area (Å²) in [5, 5.41) is 10.8. The summed E-state index contributed by atoms with van der Waals surface area (Å²) in [4.78, 5) is 23.2. The number of carbonyl (C=O) groups is 1. The third-order valence-electron chi connectivity index (χ3n) is 3.16. The molecule has 21 heavy (non-hydrogen) atoms. The van der Waals surface area contributed by atoms with Crippen molar-refractivity contribution >= 4 is 23.3 Å². The maximum atomic E-state index is 11.2. The Hall–Kier alpha value is -2.89. The van der Waals surface area contributed by atoms with Crippen LogP contribution in [0.4, 0.5) is 17.1 Å². The monoisotopic (exact) mass is 286 g/mol. The van der Waals surface area contributed by atoms with Crippen molar-refractivity contribution in [1.29, 1.82) is 0 Å². The number of hydrogen-bond acceptors (Lipinski definition) is 5. The lowest BCUT2D eigenvalue weighted by molar-refractivity contribution is -0.384. The second-order valence-electron chi connectivity index (χ2n) is 4.35. The lowest BCUT2D eigenvalue weighted by Crippen LogP contribution is -2.13. The molecule has 0 bridgehead atoms. The average molecular weight is 286 g/mol. The molecule has 0 aliphatic carbocycles. The first kappa shape index (κ1) is 14.5. The molecule has 0 aliphatic heterocycles.